The van der Waals surface area contributed by atoms with Crippen LogP contribution in [0, 0.1) is 0 Å². The minimum absolute atomic E-state index is 0.0451. The summed E-state index contributed by atoms with van der Waals surface area (Å²) in [5.74, 6) is 0.319. The fourth-order valence-electron chi connectivity index (χ4n) is 4.97. The second-order valence-electron chi connectivity index (χ2n) is 10.1. The highest BCUT2D eigenvalue weighted by Gasteiger charge is 2.45. The number of benzene rings is 2. The van der Waals surface area contributed by atoms with E-state index in [-0.39, 0.29) is 47.0 Å². The standard InChI is InChI=1S/C25H35N3O9S3/c1-26-39(32,33)22-7-5-6-21(14-22)36-18-20(29)16-27-19-15-25(37-17-19)10-12-28(13-11-25)40(34,35)24-9-4-3-8-23(24)38(2,30)31/h3-9,14,19-20,26-27,29H,10-13,15-18H2,1-2H3/t19?,20-/m0/s1. The third-order valence-corrected chi connectivity index (χ3v) is 11.8. The van der Waals surface area contributed by atoms with E-state index in [0.717, 1.165) is 6.26 Å². The van der Waals surface area contributed by atoms with E-state index in [9.17, 15) is 30.4 Å². The van der Waals surface area contributed by atoms with Gasteiger partial charge in [-0.25, -0.2) is 30.0 Å². The van der Waals surface area contributed by atoms with E-state index < -0.39 is 41.6 Å². The molecule has 15 heteroatoms. The second kappa shape index (κ2) is 12.0. The fourth-order valence-corrected chi connectivity index (χ4v) is 8.78. The van der Waals surface area contributed by atoms with Crippen LogP contribution in [0.2, 0.25) is 0 Å². The Morgan fingerprint density at radius 1 is 1.05 bits per heavy atom. The maximum absolute atomic E-state index is 13.3. The molecule has 2 saturated heterocycles. The van der Waals surface area contributed by atoms with Crippen molar-refractivity contribution in [1.29, 1.82) is 0 Å². The molecule has 2 aliphatic heterocycles. The number of hydrogen-bond donors (Lipinski definition) is 3. The average Bonchev–Trinajstić information content (AvgIpc) is 3.32. The first kappa shape index (κ1) is 30.8. The van der Waals surface area contributed by atoms with Gasteiger partial charge in [0.25, 0.3) is 0 Å². The van der Waals surface area contributed by atoms with E-state index in [4.69, 9.17) is 9.47 Å². The van der Waals surface area contributed by atoms with Gasteiger partial charge in [-0.3, -0.25) is 0 Å². The Labute approximate surface area is 235 Å². The predicted octanol–water partition coefficient (Wildman–Crippen LogP) is 0.340. The molecule has 2 aromatic carbocycles. The molecule has 2 fully saturated rings. The van der Waals surface area contributed by atoms with Gasteiger partial charge < -0.3 is 19.9 Å². The molecule has 40 heavy (non-hydrogen) atoms. The van der Waals surface area contributed by atoms with Crippen LogP contribution in [-0.2, 0) is 34.6 Å². The molecule has 0 bridgehead atoms. The number of ether oxygens (including phenoxy) is 2. The topological polar surface area (TPSA) is 168 Å². The molecule has 0 aromatic heterocycles. The molecule has 1 spiro atoms. The van der Waals surface area contributed by atoms with Gasteiger partial charge in [-0.2, -0.15) is 4.31 Å². The summed E-state index contributed by atoms with van der Waals surface area (Å²) >= 11 is 0. The van der Waals surface area contributed by atoms with E-state index in [1.54, 1.807) is 12.1 Å². The summed E-state index contributed by atoms with van der Waals surface area (Å²) in [6, 6.07) is 11.6. The first-order valence-electron chi connectivity index (χ1n) is 12.8. The molecule has 4 rings (SSSR count). The zero-order valence-electron chi connectivity index (χ0n) is 22.3. The van der Waals surface area contributed by atoms with Gasteiger partial charge in [0.1, 0.15) is 23.4 Å². The van der Waals surface area contributed by atoms with Crippen LogP contribution in [0.3, 0.4) is 0 Å². The zero-order valence-corrected chi connectivity index (χ0v) is 24.8. The number of nitrogens with one attached hydrogen (secondary N) is 2. The van der Waals surface area contributed by atoms with Gasteiger partial charge in [0.05, 0.1) is 22.0 Å². The summed E-state index contributed by atoms with van der Waals surface area (Å²) in [4.78, 5) is -0.367. The lowest BCUT2D eigenvalue weighted by Crippen LogP contribution is -2.47. The van der Waals surface area contributed by atoms with Gasteiger partial charge >= 0.3 is 0 Å². The molecule has 0 aliphatic carbocycles. The number of aliphatic hydroxyl groups excluding tert-OH is 1. The van der Waals surface area contributed by atoms with Gasteiger partial charge in [-0.05, 0) is 50.6 Å². The molecule has 0 saturated carbocycles. The minimum Gasteiger partial charge on any atom is -0.491 e. The van der Waals surface area contributed by atoms with E-state index in [0.29, 0.717) is 31.6 Å². The zero-order chi connectivity index (χ0) is 29.2. The molecule has 0 radical (unpaired) electrons. The number of sulfone groups is 1. The van der Waals surface area contributed by atoms with Gasteiger partial charge in [0.15, 0.2) is 9.84 Å². The van der Waals surface area contributed by atoms with E-state index in [2.05, 4.69) is 10.0 Å². The quantitative estimate of drug-likeness (QED) is 0.320. The molecule has 2 atom stereocenters. The molecule has 12 nitrogen and oxygen atoms in total. The van der Waals surface area contributed by atoms with Crippen molar-refractivity contribution in [2.75, 3.05) is 46.2 Å². The number of nitrogens with zero attached hydrogens (tertiary/aromatic N) is 1. The minimum atomic E-state index is -4.00. The maximum atomic E-state index is 13.3. The molecule has 3 N–H and O–H groups in total. The van der Waals surface area contributed by atoms with Crippen molar-refractivity contribution in [2.24, 2.45) is 0 Å². The monoisotopic (exact) mass is 617 g/mol. The van der Waals surface area contributed by atoms with Crippen LogP contribution >= 0.6 is 0 Å². The average molecular weight is 618 g/mol. The molecular weight excluding hydrogens is 582 g/mol. The van der Waals surface area contributed by atoms with Crippen LogP contribution in [0.5, 0.6) is 5.75 Å². The van der Waals surface area contributed by atoms with Crippen LogP contribution in [-0.4, -0.2) is 98.6 Å². The molecule has 222 valence electrons. The molecule has 1 unspecified atom stereocenters. The highest BCUT2D eigenvalue weighted by Crippen LogP contribution is 2.38. The molecule has 0 amide bonds. The molecular formula is C25H35N3O9S3. The number of rotatable bonds is 11. The Balaban J connectivity index is 1.27. The third kappa shape index (κ3) is 7.02. The van der Waals surface area contributed by atoms with Crippen LogP contribution < -0.4 is 14.8 Å². The van der Waals surface area contributed by atoms with Gasteiger partial charge in [-0.15, -0.1) is 0 Å². The Bertz CT molecular complexity index is 1520. The fraction of sp³-hybridized carbons (Fsp3) is 0.520. The largest absolute Gasteiger partial charge is 0.491 e. The summed E-state index contributed by atoms with van der Waals surface area (Å²) in [6.45, 7) is 0.983. The van der Waals surface area contributed by atoms with Crippen LogP contribution in [0.25, 0.3) is 0 Å². The third-order valence-electron chi connectivity index (χ3n) is 7.18. The summed E-state index contributed by atoms with van der Waals surface area (Å²) in [5, 5.41) is 13.7. The van der Waals surface area contributed by atoms with Gasteiger partial charge in [0, 0.05) is 38.0 Å². The Hall–Kier alpha value is -2.11. The van der Waals surface area contributed by atoms with Crippen molar-refractivity contribution in [2.45, 2.75) is 51.7 Å². The van der Waals surface area contributed by atoms with Crippen LogP contribution in [0.4, 0.5) is 0 Å². The summed E-state index contributed by atoms with van der Waals surface area (Å²) < 4.78 is 90.0. The smallest absolute Gasteiger partial charge is 0.244 e. The Morgan fingerprint density at radius 2 is 1.73 bits per heavy atom. The highest BCUT2D eigenvalue weighted by atomic mass is 32.2. The van der Waals surface area contributed by atoms with E-state index in [1.807, 2.05) is 0 Å². The lowest BCUT2D eigenvalue weighted by Gasteiger charge is -2.38. The van der Waals surface area contributed by atoms with Crippen molar-refractivity contribution < 1.29 is 39.8 Å². The first-order valence-corrected chi connectivity index (χ1v) is 17.6. The molecule has 2 heterocycles. The molecule has 2 aromatic rings. The van der Waals surface area contributed by atoms with Crippen molar-refractivity contribution in [3.05, 3.63) is 48.5 Å². The van der Waals surface area contributed by atoms with E-state index in [1.165, 1.54) is 47.8 Å². The van der Waals surface area contributed by atoms with E-state index >= 15 is 0 Å². The maximum Gasteiger partial charge on any atom is 0.244 e. The highest BCUT2D eigenvalue weighted by molar-refractivity contribution is 7.93. The van der Waals surface area contributed by atoms with Gasteiger partial charge in [-0.1, -0.05) is 18.2 Å². The van der Waals surface area contributed by atoms with Crippen LogP contribution in [0.1, 0.15) is 19.3 Å². The van der Waals surface area contributed by atoms with Crippen molar-refractivity contribution in [3.63, 3.8) is 0 Å². The second-order valence-corrected chi connectivity index (χ2v) is 15.9. The number of hydrogen-bond acceptors (Lipinski definition) is 10. The van der Waals surface area contributed by atoms with Crippen molar-refractivity contribution >= 4 is 29.9 Å². The normalized spacial score (nSPS) is 20.9. The van der Waals surface area contributed by atoms with Crippen molar-refractivity contribution in [1.82, 2.24) is 14.3 Å². The lowest BCUT2D eigenvalue weighted by atomic mass is 9.88. The number of aliphatic hydroxyl groups is 1. The number of sulfonamides is 2. The summed E-state index contributed by atoms with van der Waals surface area (Å²) in [6.07, 6.45) is 1.69. The van der Waals surface area contributed by atoms with Crippen molar-refractivity contribution in [3.8, 4) is 5.75 Å². The van der Waals surface area contributed by atoms with Gasteiger partial charge in [0.2, 0.25) is 20.0 Å². The Kier molecular flexibility index (Phi) is 9.26. The lowest BCUT2D eigenvalue weighted by molar-refractivity contribution is -0.0312. The summed E-state index contributed by atoms with van der Waals surface area (Å²) in [7, 11) is -10.0. The SMILES string of the molecule is CNS(=O)(=O)c1cccc(OC[C@@H](O)CNC2COC3(CCN(S(=O)(=O)c4ccccc4S(C)(=O)=O)CC3)C2)c1. The van der Waals surface area contributed by atoms with Crippen LogP contribution in [0.15, 0.2) is 63.2 Å². The first-order chi connectivity index (χ1) is 18.8. The molecule has 2 aliphatic rings. The summed E-state index contributed by atoms with van der Waals surface area (Å²) in [5.41, 5.74) is -0.499. The Morgan fingerprint density at radius 3 is 2.38 bits per heavy atom. The predicted molar refractivity (Wildman–Crippen MR) is 147 cm³/mol. The number of piperidine rings is 1.